The number of nitrogens with two attached hydrogens (primary N) is 1. The Morgan fingerprint density at radius 3 is 2.60 bits per heavy atom. The second-order valence-corrected chi connectivity index (χ2v) is 4.54. The van der Waals surface area contributed by atoms with Crippen LogP contribution in [0.5, 0.6) is 0 Å². The summed E-state index contributed by atoms with van der Waals surface area (Å²) in [7, 11) is 0. The highest BCUT2D eigenvalue weighted by Crippen LogP contribution is 2.17. The van der Waals surface area contributed by atoms with Gasteiger partial charge in [-0.05, 0) is 19.4 Å². The average Bonchev–Trinajstić information content (AvgIpc) is 2.47. The molecule has 2 atom stereocenters. The smallest absolute Gasteiger partial charge is 0.236 e. The Morgan fingerprint density at radius 2 is 2.05 bits per heavy atom. The third-order valence-corrected chi connectivity index (χ3v) is 2.94. The van der Waals surface area contributed by atoms with Gasteiger partial charge >= 0.3 is 0 Å². The summed E-state index contributed by atoms with van der Waals surface area (Å²) in [5.41, 5.74) is 6.56. The van der Waals surface area contributed by atoms with Gasteiger partial charge in [-0.3, -0.25) is 10.1 Å². The quantitative estimate of drug-likeness (QED) is 0.258. The molecule has 6 nitrogen and oxygen atoms in total. The molecular weight excluding hydrogens is 256 g/mol. The van der Waals surface area contributed by atoms with Gasteiger partial charge < -0.3 is 16.3 Å². The molecule has 0 fully saturated rings. The van der Waals surface area contributed by atoms with E-state index in [9.17, 15) is 4.79 Å². The summed E-state index contributed by atoms with van der Waals surface area (Å²) in [6.07, 6.45) is 0.324. The van der Waals surface area contributed by atoms with Crippen molar-refractivity contribution in [3.63, 3.8) is 0 Å². The van der Waals surface area contributed by atoms with Crippen LogP contribution in [-0.4, -0.2) is 29.5 Å². The molecule has 0 aromatic heterocycles. The number of nitrogens with one attached hydrogen (secondary N) is 2. The minimum Gasteiger partial charge on any atom is -0.409 e. The fourth-order valence-electron chi connectivity index (χ4n) is 1.91. The lowest BCUT2D eigenvalue weighted by Crippen LogP contribution is -2.44. The molecule has 0 aliphatic carbocycles. The highest BCUT2D eigenvalue weighted by atomic mass is 16.4. The SMILES string of the molecule is CCNC(=O)C(C)NC(CC(N)=NO)c1ccccc1. The molecule has 110 valence electrons. The van der Waals surface area contributed by atoms with E-state index in [0.29, 0.717) is 13.0 Å². The lowest BCUT2D eigenvalue weighted by molar-refractivity contribution is -0.122. The number of hydrogen-bond donors (Lipinski definition) is 4. The Hall–Kier alpha value is -2.08. The molecule has 0 aliphatic rings. The molecule has 1 aromatic carbocycles. The van der Waals surface area contributed by atoms with Crippen LogP contribution in [-0.2, 0) is 4.79 Å². The summed E-state index contributed by atoms with van der Waals surface area (Å²) in [6.45, 7) is 4.24. The first kappa shape index (κ1) is 16.0. The van der Waals surface area contributed by atoms with Crippen LogP contribution in [0.2, 0.25) is 0 Å². The van der Waals surface area contributed by atoms with Crippen LogP contribution in [0.15, 0.2) is 35.5 Å². The van der Waals surface area contributed by atoms with Crippen molar-refractivity contribution in [3.05, 3.63) is 35.9 Å². The van der Waals surface area contributed by atoms with Gasteiger partial charge in [-0.25, -0.2) is 0 Å². The molecular formula is C14H22N4O2. The van der Waals surface area contributed by atoms with Gasteiger partial charge in [0.1, 0.15) is 5.84 Å². The maximum absolute atomic E-state index is 11.8. The minimum absolute atomic E-state index is 0.0760. The maximum Gasteiger partial charge on any atom is 0.236 e. The van der Waals surface area contributed by atoms with Crippen molar-refractivity contribution in [1.82, 2.24) is 10.6 Å². The van der Waals surface area contributed by atoms with Crippen molar-refractivity contribution in [2.75, 3.05) is 6.54 Å². The zero-order valence-corrected chi connectivity index (χ0v) is 11.8. The third-order valence-electron chi connectivity index (χ3n) is 2.94. The molecule has 0 radical (unpaired) electrons. The molecule has 20 heavy (non-hydrogen) atoms. The fourth-order valence-corrected chi connectivity index (χ4v) is 1.91. The Kier molecular flexibility index (Phi) is 6.52. The number of nitrogens with zero attached hydrogens (tertiary/aromatic N) is 1. The molecule has 0 saturated heterocycles. The lowest BCUT2D eigenvalue weighted by Gasteiger charge is -2.23. The van der Waals surface area contributed by atoms with E-state index in [0.717, 1.165) is 5.56 Å². The van der Waals surface area contributed by atoms with Gasteiger partial charge in [-0.15, -0.1) is 0 Å². The van der Waals surface area contributed by atoms with E-state index in [1.807, 2.05) is 37.3 Å². The van der Waals surface area contributed by atoms with Crippen LogP contribution >= 0.6 is 0 Å². The van der Waals surface area contributed by atoms with Crippen molar-refractivity contribution in [3.8, 4) is 0 Å². The van der Waals surface area contributed by atoms with Crippen molar-refractivity contribution < 1.29 is 10.0 Å². The maximum atomic E-state index is 11.8. The Balaban J connectivity index is 2.81. The molecule has 0 heterocycles. The summed E-state index contributed by atoms with van der Waals surface area (Å²) < 4.78 is 0. The van der Waals surface area contributed by atoms with Gasteiger partial charge in [0.2, 0.25) is 5.91 Å². The number of carbonyl (C=O) groups excluding carboxylic acids is 1. The Bertz CT molecular complexity index is 448. The van der Waals surface area contributed by atoms with Gasteiger partial charge in [-0.1, -0.05) is 35.5 Å². The first-order valence-corrected chi connectivity index (χ1v) is 6.63. The first-order valence-electron chi connectivity index (χ1n) is 6.63. The lowest BCUT2D eigenvalue weighted by atomic mass is 10.0. The fraction of sp³-hybridized carbons (Fsp3) is 0.429. The summed E-state index contributed by atoms with van der Waals surface area (Å²) in [5, 5.41) is 17.7. The molecule has 1 rings (SSSR count). The largest absolute Gasteiger partial charge is 0.409 e. The number of amides is 1. The topological polar surface area (TPSA) is 99.7 Å². The first-order chi connectivity index (χ1) is 9.58. The van der Waals surface area contributed by atoms with Crippen molar-refractivity contribution in [2.24, 2.45) is 10.9 Å². The van der Waals surface area contributed by atoms with Crippen LogP contribution in [0, 0.1) is 0 Å². The number of carbonyl (C=O) groups is 1. The minimum atomic E-state index is -0.369. The van der Waals surface area contributed by atoms with Gasteiger partial charge in [-0.2, -0.15) is 0 Å². The summed E-state index contributed by atoms with van der Waals surface area (Å²) in [4.78, 5) is 11.8. The van der Waals surface area contributed by atoms with Crippen LogP contribution < -0.4 is 16.4 Å². The zero-order chi connectivity index (χ0) is 15.0. The highest BCUT2D eigenvalue weighted by molar-refractivity contribution is 5.82. The van der Waals surface area contributed by atoms with Gasteiger partial charge in [0.15, 0.2) is 0 Å². The van der Waals surface area contributed by atoms with Crippen LogP contribution in [0.3, 0.4) is 0 Å². The van der Waals surface area contributed by atoms with Crippen LogP contribution in [0.25, 0.3) is 0 Å². The van der Waals surface area contributed by atoms with Crippen molar-refractivity contribution in [2.45, 2.75) is 32.4 Å². The number of likely N-dealkylation sites (N-methyl/N-ethyl adjacent to an activating group) is 1. The monoisotopic (exact) mass is 278 g/mol. The number of benzene rings is 1. The highest BCUT2D eigenvalue weighted by Gasteiger charge is 2.19. The third kappa shape index (κ3) is 4.89. The normalized spacial score (nSPS) is 14.6. The van der Waals surface area contributed by atoms with E-state index in [4.69, 9.17) is 10.9 Å². The molecule has 6 heteroatoms. The van der Waals surface area contributed by atoms with E-state index in [1.54, 1.807) is 6.92 Å². The molecule has 1 aromatic rings. The van der Waals surface area contributed by atoms with E-state index < -0.39 is 0 Å². The Morgan fingerprint density at radius 1 is 1.40 bits per heavy atom. The van der Waals surface area contributed by atoms with Gasteiger partial charge in [0.05, 0.1) is 6.04 Å². The zero-order valence-electron chi connectivity index (χ0n) is 11.8. The predicted octanol–water partition coefficient (Wildman–Crippen LogP) is 0.978. The van der Waals surface area contributed by atoms with Gasteiger partial charge in [0.25, 0.3) is 0 Å². The predicted molar refractivity (Wildman–Crippen MR) is 78.5 cm³/mol. The number of oxime groups is 1. The summed E-state index contributed by atoms with van der Waals surface area (Å²) >= 11 is 0. The standard InChI is InChI=1S/C14H22N4O2/c1-3-16-14(19)10(2)17-12(9-13(15)18-20)11-7-5-4-6-8-11/h4-8,10,12,17,20H,3,9H2,1-2H3,(H2,15,18)(H,16,19). The average molecular weight is 278 g/mol. The number of amidine groups is 1. The molecule has 2 unspecified atom stereocenters. The summed E-state index contributed by atoms with van der Waals surface area (Å²) in [6, 6.07) is 9.05. The van der Waals surface area contributed by atoms with Crippen LogP contribution in [0.4, 0.5) is 0 Å². The van der Waals surface area contributed by atoms with E-state index >= 15 is 0 Å². The molecule has 0 saturated carbocycles. The van der Waals surface area contributed by atoms with E-state index in [-0.39, 0.29) is 23.8 Å². The van der Waals surface area contributed by atoms with Gasteiger partial charge in [0, 0.05) is 19.0 Å². The molecule has 5 N–H and O–H groups in total. The van der Waals surface area contributed by atoms with Crippen molar-refractivity contribution in [1.29, 1.82) is 0 Å². The molecule has 0 spiro atoms. The van der Waals surface area contributed by atoms with Crippen LogP contribution in [0.1, 0.15) is 31.9 Å². The number of hydrogen-bond acceptors (Lipinski definition) is 4. The second kappa shape index (κ2) is 8.16. The van der Waals surface area contributed by atoms with E-state index in [1.165, 1.54) is 0 Å². The second-order valence-electron chi connectivity index (χ2n) is 4.54. The molecule has 0 aliphatic heterocycles. The van der Waals surface area contributed by atoms with E-state index in [2.05, 4.69) is 15.8 Å². The number of rotatable bonds is 7. The van der Waals surface area contributed by atoms with Crippen molar-refractivity contribution >= 4 is 11.7 Å². The molecule has 0 bridgehead atoms. The molecule has 1 amide bonds. The Labute approximate surface area is 119 Å². The summed E-state index contributed by atoms with van der Waals surface area (Å²) in [5.74, 6) is 0.0439.